The predicted octanol–water partition coefficient (Wildman–Crippen LogP) is 3.89. The number of hydrogen-bond donors (Lipinski definition) is 1. The Morgan fingerprint density at radius 2 is 1.71 bits per heavy atom. The number of halogens is 1. The molecule has 2 rings (SSSR count). The van der Waals surface area contributed by atoms with Gasteiger partial charge in [-0.15, -0.1) is 0 Å². The van der Waals surface area contributed by atoms with Gasteiger partial charge < -0.3 is 5.73 Å². The highest BCUT2D eigenvalue weighted by Crippen LogP contribution is 2.43. The average Bonchev–Trinajstić information content (AvgIpc) is 2.27. The van der Waals surface area contributed by atoms with Crippen LogP contribution in [0.25, 0.3) is 0 Å². The first-order valence-corrected chi connectivity index (χ1v) is 6.38. The summed E-state index contributed by atoms with van der Waals surface area (Å²) in [4.78, 5) is 0. The van der Waals surface area contributed by atoms with Gasteiger partial charge in [0.05, 0.1) is 0 Å². The number of rotatable bonds is 1. The van der Waals surface area contributed by atoms with E-state index in [0.29, 0.717) is 11.0 Å². The Labute approximate surface area is 103 Å². The average molecular weight is 235 g/mol. The number of aryl methyl sites for hydroxylation is 1. The van der Waals surface area contributed by atoms with Crippen LogP contribution in [-0.4, -0.2) is 0 Å². The third-order valence-electron chi connectivity index (χ3n) is 4.23. The van der Waals surface area contributed by atoms with Gasteiger partial charge in [-0.3, -0.25) is 0 Å². The van der Waals surface area contributed by atoms with Crippen LogP contribution in [0.3, 0.4) is 0 Å². The van der Waals surface area contributed by atoms with Crippen LogP contribution in [0.2, 0.25) is 0 Å². The fraction of sp³-hybridized carbons (Fsp3) is 0.600. The van der Waals surface area contributed by atoms with Crippen LogP contribution in [0.1, 0.15) is 50.7 Å². The molecule has 0 aliphatic heterocycles. The molecule has 0 radical (unpaired) electrons. The van der Waals surface area contributed by atoms with E-state index in [4.69, 9.17) is 5.73 Å². The summed E-state index contributed by atoms with van der Waals surface area (Å²) in [5.41, 5.74) is 8.42. The smallest absolute Gasteiger partial charge is 0.126 e. The van der Waals surface area contributed by atoms with Crippen molar-refractivity contribution in [2.45, 2.75) is 52.0 Å². The molecule has 1 nitrogen and oxygen atoms in total. The molecule has 0 aromatic heterocycles. The lowest BCUT2D eigenvalue weighted by Crippen LogP contribution is -2.42. The molecule has 94 valence electrons. The zero-order chi connectivity index (χ0) is 12.7. The van der Waals surface area contributed by atoms with E-state index in [-0.39, 0.29) is 11.4 Å². The Morgan fingerprint density at radius 3 is 2.24 bits per heavy atom. The van der Waals surface area contributed by atoms with Crippen molar-refractivity contribution in [2.24, 2.45) is 11.1 Å². The Balaban J connectivity index is 2.24. The van der Waals surface area contributed by atoms with E-state index >= 15 is 0 Å². The van der Waals surface area contributed by atoms with Crippen LogP contribution in [0.4, 0.5) is 4.39 Å². The summed E-state index contributed by atoms with van der Waals surface area (Å²) in [6, 6.07) is 5.30. The largest absolute Gasteiger partial charge is 0.321 e. The van der Waals surface area contributed by atoms with Crippen LogP contribution >= 0.6 is 0 Å². The molecule has 2 heteroatoms. The number of hydrogen-bond acceptors (Lipinski definition) is 1. The van der Waals surface area contributed by atoms with Crippen molar-refractivity contribution in [2.75, 3.05) is 0 Å². The summed E-state index contributed by atoms with van der Waals surface area (Å²) in [6.45, 7) is 6.39. The van der Waals surface area contributed by atoms with Crippen molar-refractivity contribution in [3.05, 3.63) is 35.1 Å². The third-order valence-corrected chi connectivity index (χ3v) is 4.23. The van der Waals surface area contributed by atoms with Gasteiger partial charge in [0.25, 0.3) is 0 Å². The second kappa shape index (κ2) is 4.09. The van der Waals surface area contributed by atoms with Gasteiger partial charge in [-0.25, -0.2) is 4.39 Å². The Kier molecular flexibility index (Phi) is 3.03. The molecule has 1 aromatic rings. The number of benzene rings is 1. The molecule has 1 aliphatic rings. The van der Waals surface area contributed by atoms with Crippen LogP contribution in [0.5, 0.6) is 0 Å². The summed E-state index contributed by atoms with van der Waals surface area (Å²) in [5.74, 6) is -0.145. The Hall–Kier alpha value is -0.890. The zero-order valence-electron chi connectivity index (χ0n) is 11.0. The van der Waals surface area contributed by atoms with Crippen molar-refractivity contribution in [3.8, 4) is 0 Å². The van der Waals surface area contributed by atoms with Crippen molar-refractivity contribution >= 4 is 0 Å². The first kappa shape index (κ1) is 12.6. The standard InChI is InChI=1S/C15H22FN/c1-11-10-12(4-5-13(11)16)15(17)8-6-14(2,3)7-9-15/h4-5,10H,6-9,17H2,1-3H3. The SMILES string of the molecule is Cc1cc(C2(N)CCC(C)(C)CC2)ccc1F. The summed E-state index contributed by atoms with van der Waals surface area (Å²) < 4.78 is 13.3. The normalized spacial score (nSPS) is 22.4. The van der Waals surface area contributed by atoms with Gasteiger partial charge in [-0.05, 0) is 55.2 Å². The molecule has 0 atom stereocenters. The van der Waals surface area contributed by atoms with Gasteiger partial charge in [0.1, 0.15) is 5.82 Å². The molecule has 0 bridgehead atoms. The predicted molar refractivity (Wildman–Crippen MR) is 69.3 cm³/mol. The minimum Gasteiger partial charge on any atom is -0.321 e. The van der Waals surface area contributed by atoms with Crippen LogP contribution in [0, 0.1) is 18.2 Å². The second-order valence-electron chi connectivity index (χ2n) is 6.28. The van der Waals surface area contributed by atoms with Gasteiger partial charge in [0.15, 0.2) is 0 Å². The summed E-state index contributed by atoms with van der Waals surface area (Å²) in [7, 11) is 0. The fourth-order valence-corrected chi connectivity index (χ4v) is 2.62. The molecule has 1 fully saturated rings. The Bertz CT molecular complexity index is 413. The molecule has 1 aliphatic carbocycles. The lowest BCUT2D eigenvalue weighted by molar-refractivity contribution is 0.165. The highest BCUT2D eigenvalue weighted by molar-refractivity contribution is 5.30. The molecule has 0 heterocycles. The quantitative estimate of drug-likeness (QED) is 0.785. The molecule has 2 N–H and O–H groups in total. The topological polar surface area (TPSA) is 26.0 Å². The lowest BCUT2D eigenvalue weighted by atomic mass is 9.67. The van der Waals surface area contributed by atoms with E-state index in [0.717, 1.165) is 31.2 Å². The van der Waals surface area contributed by atoms with Crippen molar-refractivity contribution in [1.29, 1.82) is 0 Å². The van der Waals surface area contributed by atoms with Crippen molar-refractivity contribution in [1.82, 2.24) is 0 Å². The molecule has 0 spiro atoms. The zero-order valence-corrected chi connectivity index (χ0v) is 11.0. The number of nitrogens with two attached hydrogens (primary N) is 1. The molecule has 0 saturated heterocycles. The van der Waals surface area contributed by atoms with E-state index in [2.05, 4.69) is 13.8 Å². The van der Waals surface area contributed by atoms with Gasteiger partial charge in [-0.2, -0.15) is 0 Å². The first-order valence-electron chi connectivity index (χ1n) is 6.38. The summed E-state index contributed by atoms with van der Waals surface area (Å²) in [5, 5.41) is 0. The maximum atomic E-state index is 13.3. The van der Waals surface area contributed by atoms with Gasteiger partial charge in [0, 0.05) is 5.54 Å². The minimum absolute atomic E-state index is 0.145. The van der Waals surface area contributed by atoms with Crippen molar-refractivity contribution in [3.63, 3.8) is 0 Å². The third kappa shape index (κ3) is 2.52. The molecule has 0 unspecified atom stereocenters. The van der Waals surface area contributed by atoms with E-state index in [1.54, 1.807) is 13.0 Å². The maximum absolute atomic E-state index is 13.3. The Morgan fingerprint density at radius 1 is 1.12 bits per heavy atom. The van der Waals surface area contributed by atoms with E-state index in [1.807, 2.05) is 12.1 Å². The fourth-order valence-electron chi connectivity index (χ4n) is 2.62. The molecular weight excluding hydrogens is 213 g/mol. The van der Waals surface area contributed by atoms with E-state index < -0.39 is 0 Å². The van der Waals surface area contributed by atoms with E-state index in [1.165, 1.54) is 0 Å². The molecule has 1 saturated carbocycles. The van der Waals surface area contributed by atoms with Crippen LogP contribution in [-0.2, 0) is 5.54 Å². The minimum atomic E-state index is -0.256. The monoisotopic (exact) mass is 235 g/mol. The van der Waals surface area contributed by atoms with E-state index in [9.17, 15) is 4.39 Å². The molecular formula is C15H22FN. The maximum Gasteiger partial charge on any atom is 0.126 e. The summed E-state index contributed by atoms with van der Waals surface area (Å²) >= 11 is 0. The lowest BCUT2D eigenvalue weighted by Gasteiger charge is -2.41. The van der Waals surface area contributed by atoms with Crippen LogP contribution in [0.15, 0.2) is 18.2 Å². The van der Waals surface area contributed by atoms with Crippen LogP contribution < -0.4 is 5.73 Å². The molecule has 1 aromatic carbocycles. The second-order valence-corrected chi connectivity index (χ2v) is 6.28. The highest BCUT2D eigenvalue weighted by Gasteiger charge is 2.36. The molecule has 0 amide bonds. The van der Waals surface area contributed by atoms with Gasteiger partial charge in [0.2, 0.25) is 0 Å². The van der Waals surface area contributed by atoms with Gasteiger partial charge >= 0.3 is 0 Å². The molecule has 17 heavy (non-hydrogen) atoms. The highest BCUT2D eigenvalue weighted by atomic mass is 19.1. The summed E-state index contributed by atoms with van der Waals surface area (Å²) in [6.07, 6.45) is 4.26. The first-order chi connectivity index (χ1) is 7.82. The van der Waals surface area contributed by atoms with Crippen molar-refractivity contribution < 1.29 is 4.39 Å². The van der Waals surface area contributed by atoms with Gasteiger partial charge in [-0.1, -0.05) is 26.0 Å².